The van der Waals surface area contributed by atoms with E-state index in [1.54, 1.807) is 5.57 Å². The predicted octanol–water partition coefficient (Wildman–Crippen LogP) is 4.60. The lowest BCUT2D eigenvalue weighted by Crippen LogP contribution is -2.34. The van der Waals surface area contributed by atoms with Gasteiger partial charge in [-0.1, -0.05) is 60.7 Å². The zero-order valence-corrected chi connectivity index (χ0v) is 12.5. The molecule has 4 rings (SSSR count). The highest BCUT2D eigenvalue weighted by Crippen LogP contribution is 2.37. The van der Waals surface area contributed by atoms with Crippen molar-refractivity contribution >= 4 is 5.57 Å². The second-order valence-electron chi connectivity index (χ2n) is 6.30. The Kier molecular flexibility index (Phi) is 3.16. The van der Waals surface area contributed by atoms with Crippen LogP contribution in [0.1, 0.15) is 24.8 Å². The highest BCUT2D eigenvalue weighted by Gasteiger charge is 2.33. The summed E-state index contributed by atoms with van der Waals surface area (Å²) in [5.41, 5.74) is 5.54. The van der Waals surface area contributed by atoms with Crippen LogP contribution in [0, 0.1) is 0 Å². The summed E-state index contributed by atoms with van der Waals surface area (Å²) < 4.78 is 0. The Hall–Kier alpha value is -1.86. The molecule has 2 unspecified atom stereocenters. The summed E-state index contributed by atoms with van der Waals surface area (Å²) in [7, 11) is 2.27. The number of fused-ring (bicyclic) bond motifs is 2. The summed E-state index contributed by atoms with van der Waals surface area (Å²) in [6.45, 7) is 0. The Labute approximate surface area is 126 Å². The van der Waals surface area contributed by atoms with Gasteiger partial charge in [0.15, 0.2) is 0 Å². The van der Waals surface area contributed by atoms with Gasteiger partial charge in [0, 0.05) is 12.1 Å². The predicted molar refractivity (Wildman–Crippen MR) is 89.0 cm³/mol. The van der Waals surface area contributed by atoms with Gasteiger partial charge in [-0.2, -0.15) is 0 Å². The van der Waals surface area contributed by atoms with Crippen LogP contribution in [0.15, 0.2) is 60.7 Å². The lowest BCUT2D eigenvalue weighted by atomic mass is 9.93. The molecule has 2 aromatic rings. The molecule has 0 aromatic heterocycles. The fourth-order valence-corrected chi connectivity index (χ4v) is 3.76. The number of likely N-dealkylation sites (N-methyl/N-ethyl adjacent to an activating group) is 1. The first kappa shape index (κ1) is 12.8. The van der Waals surface area contributed by atoms with Crippen LogP contribution in [0.5, 0.6) is 0 Å². The third kappa shape index (κ3) is 2.32. The van der Waals surface area contributed by atoms with E-state index in [0.717, 1.165) is 6.04 Å². The minimum Gasteiger partial charge on any atom is -0.297 e. The molecule has 0 spiro atoms. The van der Waals surface area contributed by atoms with Gasteiger partial charge in [-0.05, 0) is 48.6 Å². The summed E-state index contributed by atoms with van der Waals surface area (Å²) in [6, 6.07) is 21.1. The number of rotatable bonds is 2. The van der Waals surface area contributed by atoms with Gasteiger partial charge in [-0.15, -0.1) is 0 Å². The van der Waals surface area contributed by atoms with Crippen molar-refractivity contribution in [2.75, 3.05) is 7.05 Å². The fourth-order valence-electron chi connectivity index (χ4n) is 3.76. The summed E-state index contributed by atoms with van der Waals surface area (Å²) in [4.78, 5) is 2.54. The van der Waals surface area contributed by atoms with E-state index >= 15 is 0 Å². The van der Waals surface area contributed by atoms with Crippen LogP contribution in [0.25, 0.3) is 16.7 Å². The van der Waals surface area contributed by atoms with Crippen molar-refractivity contribution < 1.29 is 0 Å². The van der Waals surface area contributed by atoms with Gasteiger partial charge in [0.1, 0.15) is 0 Å². The van der Waals surface area contributed by atoms with Gasteiger partial charge in [0.25, 0.3) is 0 Å². The lowest BCUT2D eigenvalue weighted by molar-refractivity contribution is 0.264. The van der Waals surface area contributed by atoms with E-state index < -0.39 is 0 Å². The standard InChI is InChI=1S/C20H21N/c1-21-19-11-12-20(21)14-18(13-19)17-9-7-16(8-10-17)15-5-3-2-4-6-15/h2-10,13,19-20H,11-12,14H2,1H3. The fraction of sp³-hybridized carbons (Fsp3) is 0.300. The van der Waals surface area contributed by atoms with Crippen LogP contribution in [0.3, 0.4) is 0 Å². The highest BCUT2D eigenvalue weighted by atomic mass is 15.2. The van der Waals surface area contributed by atoms with Gasteiger partial charge >= 0.3 is 0 Å². The Bertz CT molecular complexity index is 654. The van der Waals surface area contributed by atoms with Gasteiger partial charge in [-0.25, -0.2) is 0 Å². The SMILES string of the molecule is CN1C2C=C(c3ccc(-c4ccccc4)cc3)CC1CC2. The summed E-state index contributed by atoms with van der Waals surface area (Å²) >= 11 is 0. The van der Waals surface area contributed by atoms with Gasteiger partial charge in [-0.3, -0.25) is 4.90 Å². The molecule has 1 fully saturated rings. The topological polar surface area (TPSA) is 3.24 Å². The van der Waals surface area contributed by atoms with Crippen molar-refractivity contribution in [3.05, 3.63) is 66.2 Å². The minimum atomic E-state index is 0.660. The Morgan fingerprint density at radius 3 is 2.19 bits per heavy atom. The first-order chi connectivity index (χ1) is 10.3. The smallest absolute Gasteiger partial charge is 0.0284 e. The summed E-state index contributed by atoms with van der Waals surface area (Å²) in [5.74, 6) is 0. The largest absolute Gasteiger partial charge is 0.297 e. The summed E-state index contributed by atoms with van der Waals surface area (Å²) in [5, 5.41) is 0. The molecule has 1 nitrogen and oxygen atoms in total. The molecule has 2 atom stereocenters. The third-order valence-electron chi connectivity index (χ3n) is 5.11. The van der Waals surface area contributed by atoms with E-state index in [-0.39, 0.29) is 0 Å². The quantitative estimate of drug-likeness (QED) is 0.774. The maximum absolute atomic E-state index is 2.54. The molecule has 0 aliphatic carbocycles. The van der Waals surface area contributed by atoms with E-state index in [2.05, 4.69) is 72.6 Å². The van der Waals surface area contributed by atoms with Crippen LogP contribution < -0.4 is 0 Å². The van der Waals surface area contributed by atoms with Crippen LogP contribution >= 0.6 is 0 Å². The molecule has 106 valence electrons. The number of benzene rings is 2. The van der Waals surface area contributed by atoms with Crippen LogP contribution in [0.2, 0.25) is 0 Å². The molecular formula is C20H21N. The van der Waals surface area contributed by atoms with Gasteiger partial charge in [0.05, 0.1) is 0 Å². The van der Waals surface area contributed by atoms with E-state index in [1.165, 1.54) is 36.0 Å². The molecule has 2 aliphatic heterocycles. The van der Waals surface area contributed by atoms with E-state index in [9.17, 15) is 0 Å². The van der Waals surface area contributed by atoms with Crippen molar-refractivity contribution in [1.82, 2.24) is 4.90 Å². The Morgan fingerprint density at radius 2 is 1.48 bits per heavy atom. The average Bonchev–Trinajstić information content (AvgIpc) is 2.77. The van der Waals surface area contributed by atoms with Crippen molar-refractivity contribution in [3.63, 3.8) is 0 Å². The first-order valence-corrected chi connectivity index (χ1v) is 7.90. The minimum absolute atomic E-state index is 0.660. The van der Waals surface area contributed by atoms with Crippen LogP contribution in [0.4, 0.5) is 0 Å². The molecule has 1 saturated heterocycles. The first-order valence-electron chi connectivity index (χ1n) is 7.90. The molecular weight excluding hydrogens is 254 g/mol. The molecule has 0 saturated carbocycles. The van der Waals surface area contributed by atoms with Crippen molar-refractivity contribution in [3.8, 4) is 11.1 Å². The average molecular weight is 275 g/mol. The Morgan fingerprint density at radius 1 is 0.810 bits per heavy atom. The van der Waals surface area contributed by atoms with Gasteiger partial charge < -0.3 is 0 Å². The third-order valence-corrected chi connectivity index (χ3v) is 5.11. The van der Waals surface area contributed by atoms with Crippen molar-refractivity contribution in [2.45, 2.75) is 31.3 Å². The molecule has 2 heterocycles. The lowest BCUT2D eigenvalue weighted by Gasteiger charge is -2.30. The molecule has 21 heavy (non-hydrogen) atoms. The van der Waals surface area contributed by atoms with Crippen molar-refractivity contribution in [2.24, 2.45) is 0 Å². The summed E-state index contributed by atoms with van der Waals surface area (Å²) in [6.07, 6.45) is 6.37. The zero-order valence-electron chi connectivity index (χ0n) is 12.5. The second-order valence-corrected chi connectivity index (χ2v) is 6.30. The highest BCUT2D eigenvalue weighted by molar-refractivity contribution is 5.71. The maximum Gasteiger partial charge on any atom is 0.0284 e. The molecule has 0 amide bonds. The van der Waals surface area contributed by atoms with Gasteiger partial charge in [0.2, 0.25) is 0 Å². The zero-order chi connectivity index (χ0) is 14.2. The maximum atomic E-state index is 2.54. The number of nitrogens with zero attached hydrogens (tertiary/aromatic N) is 1. The van der Waals surface area contributed by atoms with E-state index in [4.69, 9.17) is 0 Å². The molecule has 2 aliphatic rings. The number of hydrogen-bond acceptors (Lipinski definition) is 1. The molecule has 2 bridgehead atoms. The normalized spacial score (nSPS) is 24.9. The second kappa shape index (κ2) is 5.16. The molecule has 2 aromatic carbocycles. The van der Waals surface area contributed by atoms with E-state index in [1.807, 2.05) is 0 Å². The monoisotopic (exact) mass is 275 g/mol. The van der Waals surface area contributed by atoms with Crippen molar-refractivity contribution in [1.29, 1.82) is 0 Å². The molecule has 0 N–H and O–H groups in total. The van der Waals surface area contributed by atoms with E-state index in [0.29, 0.717) is 6.04 Å². The van der Waals surface area contributed by atoms with Crippen LogP contribution in [-0.2, 0) is 0 Å². The molecule has 1 heteroatoms. The Balaban J connectivity index is 1.62. The molecule has 0 radical (unpaired) electrons. The number of hydrogen-bond donors (Lipinski definition) is 0. The van der Waals surface area contributed by atoms with Crippen LogP contribution in [-0.4, -0.2) is 24.0 Å².